The fourth-order valence-electron chi connectivity index (χ4n) is 1.33. The molecule has 0 fully saturated rings. The molecule has 0 amide bonds. The third kappa shape index (κ3) is 7.29. The Morgan fingerprint density at radius 2 is 1.59 bits per heavy atom. The number of aliphatic hydroxyl groups is 1. The molecule has 0 aliphatic carbocycles. The second kappa shape index (κ2) is 9.40. The lowest BCUT2D eigenvalue weighted by Crippen LogP contribution is -2.05. The lowest BCUT2D eigenvalue weighted by atomic mass is 10.2. The molecular formula is C17H13F3O2. The molecular weight excluding hydrogens is 293 g/mol. The van der Waals surface area contributed by atoms with Crippen molar-refractivity contribution in [1.29, 1.82) is 0 Å². The van der Waals surface area contributed by atoms with Gasteiger partial charge in [0.05, 0.1) is 18.4 Å². The highest BCUT2D eigenvalue weighted by molar-refractivity contribution is 5.30. The Bertz CT molecular complexity index is 659. The van der Waals surface area contributed by atoms with Crippen LogP contribution >= 0.6 is 0 Å². The fraction of sp³-hybridized carbons (Fsp3) is 0.294. The monoisotopic (exact) mass is 306 g/mol. The molecule has 0 aromatic heterocycles. The molecule has 114 valence electrons. The van der Waals surface area contributed by atoms with Crippen LogP contribution in [0, 0.1) is 35.5 Å². The van der Waals surface area contributed by atoms with Crippen molar-refractivity contribution in [2.24, 2.45) is 0 Å². The molecule has 0 aliphatic rings. The summed E-state index contributed by atoms with van der Waals surface area (Å²) in [6.45, 7) is -0.193. The SMILES string of the molecule is OCC#CCC#CCC#CCOc1cccc(C(F)(F)F)c1. The van der Waals surface area contributed by atoms with Crippen LogP contribution in [0.4, 0.5) is 13.2 Å². The smallest absolute Gasteiger partial charge is 0.416 e. The maximum absolute atomic E-state index is 12.5. The van der Waals surface area contributed by atoms with E-state index in [1.807, 2.05) is 0 Å². The molecule has 0 saturated carbocycles. The van der Waals surface area contributed by atoms with E-state index >= 15 is 0 Å². The van der Waals surface area contributed by atoms with Gasteiger partial charge in [0.25, 0.3) is 0 Å². The van der Waals surface area contributed by atoms with Gasteiger partial charge in [-0.3, -0.25) is 0 Å². The van der Waals surface area contributed by atoms with Crippen molar-refractivity contribution in [2.75, 3.05) is 13.2 Å². The van der Waals surface area contributed by atoms with E-state index in [0.29, 0.717) is 12.8 Å². The summed E-state index contributed by atoms with van der Waals surface area (Å²) in [6, 6.07) is 4.64. The van der Waals surface area contributed by atoms with Gasteiger partial charge in [0.15, 0.2) is 0 Å². The number of halogens is 3. The molecule has 1 aromatic carbocycles. The van der Waals surface area contributed by atoms with Crippen molar-refractivity contribution in [2.45, 2.75) is 19.0 Å². The van der Waals surface area contributed by atoms with Crippen molar-refractivity contribution in [3.8, 4) is 41.3 Å². The van der Waals surface area contributed by atoms with Gasteiger partial charge in [-0.15, -0.1) is 0 Å². The molecule has 5 heteroatoms. The van der Waals surface area contributed by atoms with E-state index in [0.717, 1.165) is 12.1 Å². The maximum atomic E-state index is 12.5. The highest BCUT2D eigenvalue weighted by Crippen LogP contribution is 2.31. The van der Waals surface area contributed by atoms with Crippen molar-refractivity contribution >= 4 is 0 Å². The van der Waals surface area contributed by atoms with Gasteiger partial charge in [0.1, 0.15) is 19.0 Å². The topological polar surface area (TPSA) is 29.5 Å². The predicted molar refractivity (Wildman–Crippen MR) is 76.6 cm³/mol. The van der Waals surface area contributed by atoms with Gasteiger partial charge in [0.2, 0.25) is 0 Å². The standard InChI is InChI=1S/C17H13F3O2/c18-17(19,20)15-10-9-11-16(14-15)22-13-8-6-4-2-1-3-5-7-12-21/h9-11,14,21H,3-4,12-13H2. The summed E-state index contributed by atoms with van der Waals surface area (Å²) in [5.41, 5.74) is -0.757. The third-order valence-corrected chi connectivity index (χ3v) is 2.28. The van der Waals surface area contributed by atoms with Gasteiger partial charge in [0, 0.05) is 0 Å². The zero-order valence-corrected chi connectivity index (χ0v) is 11.6. The van der Waals surface area contributed by atoms with E-state index in [9.17, 15) is 13.2 Å². The lowest BCUT2D eigenvalue weighted by molar-refractivity contribution is -0.137. The van der Waals surface area contributed by atoms with Gasteiger partial charge in [-0.25, -0.2) is 0 Å². The second-order valence-corrected chi connectivity index (χ2v) is 3.89. The average Bonchev–Trinajstić information content (AvgIpc) is 2.49. The maximum Gasteiger partial charge on any atom is 0.416 e. The highest BCUT2D eigenvalue weighted by atomic mass is 19.4. The van der Waals surface area contributed by atoms with Crippen LogP contribution in [-0.2, 0) is 6.18 Å². The predicted octanol–water partition coefficient (Wildman–Crippen LogP) is 2.87. The van der Waals surface area contributed by atoms with E-state index in [-0.39, 0.29) is 19.0 Å². The van der Waals surface area contributed by atoms with Crippen LogP contribution in [0.5, 0.6) is 5.75 Å². The summed E-state index contributed by atoms with van der Waals surface area (Å²) in [7, 11) is 0. The molecule has 0 bridgehead atoms. The number of aliphatic hydroxyl groups excluding tert-OH is 1. The lowest BCUT2D eigenvalue weighted by Gasteiger charge is -2.08. The first-order valence-electron chi connectivity index (χ1n) is 6.32. The molecule has 22 heavy (non-hydrogen) atoms. The molecule has 1 N–H and O–H groups in total. The van der Waals surface area contributed by atoms with E-state index in [1.54, 1.807) is 0 Å². The van der Waals surface area contributed by atoms with Crippen LogP contribution in [0.2, 0.25) is 0 Å². The molecule has 0 unspecified atom stereocenters. The van der Waals surface area contributed by atoms with Gasteiger partial charge in [-0.1, -0.05) is 41.6 Å². The van der Waals surface area contributed by atoms with E-state index in [4.69, 9.17) is 9.84 Å². The first kappa shape index (κ1) is 17.5. The van der Waals surface area contributed by atoms with Crippen molar-refractivity contribution in [3.63, 3.8) is 0 Å². The first-order valence-corrected chi connectivity index (χ1v) is 6.32. The molecule has 0 radical (unpaired) electrons. The summed E-state index contributed by atoms with van der Waals surface area (Å²) in [6.07, 6.45) is -3.70. The minimum absolute atomic E-state index is 0.00664. The van der Waals surface area contributed by atoms with Crippen LogP contribution < -0.4 is 4.74 Å². The van der Waals surface area contributed by atoms with Crippen LogP contribution in [0.15, 0.2) is 24.3 Å². The molecule has 2 nitrogen and oxygen atoms in total. The second-order valence-electron chi connectivity index (χ2n) is 3.89. The van der Waals surface area contributed by atoms with E-state index < -0.39 is 11.7 Å². The van der Waals surface area contributed by atoms with Crippen LogP contribution in [0.1, 0.15) is 18.4 Å². The van der Waals surface area contributed by atoms with Gasteiger partial charge < -0.3 is 9.84 Å². The number of hydrogen-bond donors (Lipinski definition) is 1. The van der Waals surface area contributed by atoms with E-state index in [2.05, 4.69) is 35.5 Å². The number of rotatable bonds is 2. The van der Waals surface area contributed by atoms with Crippen LogP contribution in [-0.4, -0.2) is 18.3 Å². The summed E-state index contributed by atoms with van der Waals surface area (Å²) in [5, 5.41) is 8.40. The molecule has 0 spiro atoms. The number of alkyl halides is 3. The Morgan fingerprint density at radius 3 is 2.23 bits per heavy atom. The number of hydrogen-bond acceptors (Lipinski definition) is 2. The summed E-state index contributed by atoms with van der Waals surface area (Å²) in [5.74, 6) is 16.1. The number of benzene rings is 1. The Hall–Kier alpha value is -2.55. The van der Waals surface area contributed by atoms with Crippen molar-refractivity contribution < 1.29 is 23.0 Å². The van der Waals surface area contributed by atoms with Gasteiger partial charge >= 0.3 is 6.18 Å². The quantitative estimate of drug-likeness (QED) is 0.851. The Labute approximate surface area is 127 Å². The molecule has 0 atom stereocenters. The molecule has 1 rings (SSSR count). The molecule has 1 aromatic rings. The first-order chi connectivity index (χ1) is 10.5. The summed E-state index contributed by atoms with van der Waals surface area (Å²) < 4.78 is 42.6. The minimum atomic E-state index is -4.39. The summed E-state index contributed by atoms with van der Waals surface area (Å²) in [4.78, 5) is 0. The van der Waals surface area contributed by atoms with E-state index in [1.165, 1.54) is 12.1 Å². The third-order valence-electron chi connectivity index (χ3n) is 2.28. The van der Waals surface area contributed by atoms with Crippen molar-refractivity contribution in [3.05, 3.63) is 29.8 Å². The largest absolute Gasteiger partial charge is 0.481 e. The summed E-state index contributed by atoms with van der Waals surface area (Å²) >= 11 is 0. The van der Waals surface area contributed by atoms with Crippen LogP contribution in [0.25, 0.3) is 0 Å². The average molecular weight is 306 g/mol. The minimum Gasteiger partial charge on any atom is -0.481 e. The van der Waals surface area contributed by atoms with Gasteiger partial charge in [-0.2, -0.15) is 13.2 Å². The molecule has 0 heterocycles. The normalized spacial score (nSPS) is 9.45. The molecule has 0 saturated heterocycles. The highest BCUT2D eigenvalue weighted by Gasteiger charge is 2.30. The Morgan fingerprint density at radius 1 is 0.955 bits per heavy atom. The van der Waals surface area contributed by atoms with Gasteiger partial charge in [-0.05, 0) is 18.2 Å². The Kier molecular flexibility index (Phi) is 7.48. The zero-order chi connectivity index (χ0) is 16.3. The fourth-order valence-corrected chi connectivity index (χ4v) is 1.33. The Balaban J connectivity index is 2.38. The van der Waals surface area contributed by atoms with Crippen LogP contribution in [0.3, 0.4) is 0 Å². The number of ether oxygens (including phenoxy) is 1. The molecule has 0 aliphatic heterocycles. The van der Waals surface area contributed by atoms with Crippen molar-refractivity contribution in [1.82, 2.24) is 0 Å². The zero-order valence-electron chi connectivity index (χ0n) is 11.6.